The van der Waals surface area contributed by atoms with E-state index in [0.29, 0.717) is 51.9 Å². The number of likely N-dealkylation sites (N-methyl/N-ethyl adjacent to an activating group) is 1. The van der Waals surface area contributed by atoms with Crippen LogP contribution in [0.25, 0.3) is 0 Å². The van der Waals surface area contributed by atoms with Gasteiger partial charge in [0.2, 0.25) is 23.6 Å². The fraction of sp³-hybridized carbons (Fsp3) is 0.655. The molecule has 0 spiro atoms. The van der Waals surface area contributed by atoms with Crippen LogP contribution in [0.5, 0.6) is 0 Å². The van der Waals surface area contributed by atoms with Gasteiger partial charge >= 0.3 is 0 Å². The fourth-order valence-corrected chi connectivity index (χ4v) is 5.83. The van der Waals surface area contributed by atoms with E-state index in [-0.39, 0.29) is 54.1 Å². The van der Waals surface area contributed by atoms with Crippen LogP contribution >= 0.6 is 0 Å². The van der Waals surface area contributed by atoms with Crippen molar-refractivity contribution in [3.63, 3.8) is 0 Å². The SMILES string of the molecule is CN(C)[C@H]1C[C@H]2C(=O)NCc3ccccc3CC(=O)N(C3CCN(C(=O)CC(C)(C)C)CC3)CC(=O)N2C1. The lowest BCUT2D eigenvalue weighted by molar-refractivity contribution is -0.146. The minimum atomic E-state index is -0.560. The van der Waals surface area contributed by atoms with E-state index in [2.05, 4.69) is 26.1 Å². The third-order valence-electron chi connectivity index (χ3n) is 8.11. The van der Waals surface area contributed by atoms with E-state index in [1.165, 1.54) is 0 Å². The molecule has 4 rings (SSSR count). The first kappa shape index (κ1) is 28.1. The minimum absolute atomic E-state index is 0.0501. The van der Waals surface area contributed by atoms with Crippen molar-refractivity contribution in [2.45, 2.75) is 77.5 Å². The Kier molecular flexibility index (Phi) is 8.45. The second-order valence-corrected chi connectivity index (χ2v) is 12.4. The highest BCUT2D eigenvalue weighted by atomic mass is 16.2. The summed E-state index contributed by atoms with van der Waals surface area (Å²) in [6, 6.07) is 7.07. The molecule has 0 radical (unpaired) electrons. The highest BCUT2D eigenvalue weighted by molar-refractivity contribution is 5.91. The first-order valence-corrected chi connectivity index (χ1v) is 13.8. The molecular formula is C29H43N5O4. The maximum atomic E-state index is 13.7. The number of hydrogen-bond donors (Lipinski definition) is 1. The number of carbonyl (C=O) groups excluding carboxylic acids is 4. The predicted molar refractivity (Wildman–Crippen MR) is 145 cm³/mol. The average Bonchev–Trinajstić information content (AvgIpc) is 3.31. The van der Waals surface area contributed by atoms with Gasteiger partial charge in [0, 0.05) is 44.7 Å². The molecule has 0 bridgehead atoms. The van der Waals surface area contributed by atoms with Gasteiger partial charge in [-0.1, -0.05) is 45.0 Å². The number of piperidine rings is 1. The molecule has 2 fully saturated rings. The molecule has 1 N–H and O–H groups in total. The minimum Gasteiger partial charge on any atom is -0.350 e. The summed E-state index contributed by atoms with van der Waals surface area (Å²) < 4.78 is 0. The molecule has 3 aliphatic heterocycles. The smallest absolute Gasteiger partial charge is 0.243 e. The molecule has 2 saturated heterocycles. The van der Waals surface area contributed by atoms with Gasteiger partial charge in [-0.25, -0.2) is 0 Å². The third-order valence-corrected chi connectivity index (χ3v) is 8.11. The molecular weight excluding hydrogens is 482 g/mol. The maximum Gasteiger partial charge on any atom is 0.243 e. The standard InChI is InChI=1S/C29H43N5O4/c1-29(2,3)16-26(36)32-12-10-22(11-13-32)33-19-27(37)34-18-23(31(4)5)15-24(34)28(38)30-17-21-9-7-6-8-20(21)14-25(33)35/h6-9,22-24H,10-19H2,1-5H3,(H,30,38)/t23-,24-/m0/s1. The largest absolute Gasteiger partial charge is 0.350 e. The van der Waals surface area contributed by atoms with Gasteiger partial charge in [-0.15, -0.1) is 0 Å². The lowest BCUT2D eigenvalue weighted by Gasteiger charge is -2.40. The van der Waals surface area contributed by atoms with Gasteiger partial charge in [-0.2, -0.15) is 0 Å². The second-order valence-electron chi connectivity index (χ2n) is 12.4. The van der Waals surface area contributed by atoms with E-state index in [4.69, 9.17) is 0 Å². The summed E-state index contributed by atoms with van der Waals surface area (Å²) >= 11 is 0. The summed E-state index contributed by atoms with van der Waals surface area (Å²) in [6.07, 6.45) is 2.50. The van der Waals surface area contributed by atoms with E-state index in [1.807, 2.05) is 48.2 Å². The zero-order valence-corrected chi connectivity index (χ0v) is 23.5. The maximum absolute atomic E-state index is 13.7. The first-order valence-electron chi connectivity index (χ1n) is 13.8. The van der Waals surface area contributed by atoms with Gasteiger partial charge in [0.25, 0.3) is 0 Å². The Bertz CT molecular complexity index is 1060. The van der Waals surface area contributed by atoms with Gasteiger partial charge in [-0.3, -0.25) is 19.2 Å². The van der Waals surface area contributed by atoms with E-state index in [9.17, 15) is 19.2 Å². The highest BCUT2D eigenvalue weighted by Gasteiger charge is 2.42. The lowest BCUT2D eigenvalue weighted by atomic mass is 9.91. The van der Waals surface area contributed by atoms with Crippen molar-refractivity contribution in [1.82, 2.24) is 24.9 Å². The molecule has 4 amide bonds. The molecule has 3 aliphatic rings. The molecule has 208 valence electrons. The van der Waals surface area contributed by atoms with Crippen molar-refractivity contribution in [2.75, 3.05) is 40.3 Å². The highest BCUT2D eigenvalue weighted by Crippen LogP contribution is 2.26. The lowest BCUT2D eigenvalue weighted by Crippen LogP contribution is -2.54. The Morgan fingerprint density at radius 1 is 1.00 bits per heavy atom. The van der Waals surface area contributed by atoms with Crippen molar-refractivity contribution >= 4 is 23.6 Å². The number of carbonyl (C=O) groups is 4. The van der Waals surface area contributed by atoms with Crippen LogP contribution in [-0.4, -0.2) is 102 Å². The summed E-state index contributed by atoms with van der Waals surface area (Å²) in [5.74, 6) is -0.289. The number of nitrogens with zero attached hydrogens (tertiary/aromatic N) is 4. The van der Waals surface area contributed by atoms with Gasteiger partial charge in [0.05, 0.1) is 6.42 Å². The molecule has 3 heterocycles. The van der Waals surface area contributed by atoms with Gasteiger partial charge in [-0.05, 0) is 49.9 Å². The Morgan fingerprint density at radius 3 is 2.29 bits per heavy atom. The quantitative estimate of drug-likeness (QED) is 0.648. The summed E-state index contributed by atoms with van der Waals surface area (Å²) in [4.78, 5) is 60.8. The number of likely N-dealkylation sites (tertiary alicyclic amines) is 1. The average molecular weight is 526 g/mol. The molecule has 1 aromatic rings. The summed E-state index contributed by atoms with van der Waals surface area (Å²) in [7, 11) is 3.92. The van der Waals surface area contributed by atoms with Crippen LogP contribution in [0.3, 0.4) is 0 Å². The van der Waals surface area contributed by atoms with E-state index in [0.717, 1.165) is 11.1 Å². The summed E-state index contributed by atoms with van der Waals surface area (Å²) in [6.45, 7) is 8.06. The number of nitrogens with one attached hydrogen (secondary N) is 1. The number of rotatable bonds is 3. The molecule has 1 aromatic carbocycles. The molecule has 38 heavy (non-hydrogen) atoms. The molecule has 9 heteroatoms. The van der Waals surface area contributed by atoms with Crippen LogP contribution in [0.1, 0.15) is 57.6 Å². The second kappa shape index (κ2) is 11.4. The molecule has 9 nitrogen and oxygen atoms in total. The van der Waals surface area contributed by atoms with Crippen LogP contribution in [0.15, 0.2) is 24.3 Å². The first-order chi connectivity index (χ1) is 17.9. The molecule has 0 aromatic heterocycles. The van der Waals surface area contributed by atoms with Gasteiger partial charge in [0.1, 0.15) is 12.6 Å². The zero-order valence-electron chi connectivity index (χ0n) is 23.5. The monoisotopic (exact) mass is 525 g/mol. The Balaban J connectivity index is 1.57. The third kappa shape index (κ3) is 6.54. The van der Waals surface area contributed by atoms with E-state index >= 15 is 0 Å². The zero-order chi connectivity index (χ0) is 27.6. The Morgan fingerprint density at radius 2 is 1.66 bits per heavy atom. The van der Waals surface area contributed by atoms with Crippen LogP contribution in [-0.2, 0) is 32.1 Å². The molecule has 0 saturated carbocycles. The Hall–Kier alpha value is -2.94. The van der Waals surface area contributed by atoms with Gasteiger partial charge in [0.15, 0.2) is 0 Å². The molecule has 0 aliphatic carbocycles. The fourth-order valence-electron chi connectivity index (χ4n) is 5.83. The van der Waals surface area contributed by atoms with Crippen molar-refractivity contribution < 1.29 is 19.2 Å². The van der Waals surface area contributed by atoms with Crippen molar-refractivity contribution in [3.05, 3.63) is 35.4 Å². The van der Waals surface area contributed by atoms with Crippen molar-refractivity contribution in [2.24, 2.45) is 5.41 Å². The van der Waals surface area contributed by atoms with Crippen LogP contribution in [0.2, 0.25) is 0 Å². The van der Waals surface area contributed by atoms with Crippen LogP contribution in [0.4, 0.5) is 0 Å². The summed E-state index contributed by atoms with van der Waals surface area (Å²) in [5.41, 5.74) is 1.70. The van der Waals surface area contributed by atoms with Crippen molar-refractivity contribution in [1.29, 1.82) is 0 Å². The van der Waals surface area contributed by atoms with E-state index in [1.54, 1.807) is 9.80 Å². The Labute approximate surface area is 226 Å². The van der Waals surface area contributed by atoms with Crippen LogP contribution < -0.4 is 5.32 Å². The molecule has 2 atom stereocenters. The number of benzene rings is 1. The number of hydrogen-bond acceptors (Lipinski definition) is 5. The normalized spacial score (nSPS) is 24.1. The van der Waals surface area contributed by atoms with Crippen LogP contribution in [0, 0.1) is 5.41 Å². The summed E-state index contributed by atoms with van der Waals surface area (Å²) in [5, 5.41) is 3.02. The van der Waals surface area contributed by atoms with Gasteiger partial charge < -0.3 is 24.9 Å². The number of amides is 4. The van der Waals surface area contributed by atoms with E-state index < -0.39 is 6.04 Å². The van der Waals surface area contributed by atoms with Crippen molar-refractivity contribution in [3.8, 4) is 0 Å². The predicted octanol–water partition coefficient (Wildman–Crippen LogP) is 1.65. The molecule has 0 unspecified atom stereocenters. The number of fused-ring (bicyclic) bond motifs is 2. The topological polar surface area (TPSA) is 93.3 Å².